The molecule has 0 N–H and O–H groups in total. The van der Waals surface area contributed by atoms with Gasteiger partial charge in [0.2, 0.25) is 5.91 Å². The van der Waals surface area contributed by atoms with Crippen LogP contribution >= 0.6 is 23.4 Å². The first-order valence-corrected chi connectivity index (χ1v) is 13.4. The number of methoxy groups -OCH3 is 1. The van der Waals surface area contributed by atoms with E-state index in [0.717, 1.165) is 60.4 Å². The van der Waals surface area contributed by atoms with E-state index in [4.69, 9.17) is 25.8 Å². The number of carbonyl (C=O) groups excluding carboxylic acids is 1. The molecule has 0 bridgehead atoms. The number of thioether (sulfide) groups is 1. The molecule has 2 atom stereocenters. The van der Waals surface area contributed by atoms with Crippen molar-refractivity contribution in [2.75, 3.05) is 38.3 Å². The van der Waals surface area contributed by atoms with Crippen LogP contribution in [-0.2, 0) is 9.53 Å². The summed E-state index contributed by atoms with van der Waals surface area (Å²) in [5.74, 6) is 1.44. The third kappa shape index (κ3) is 7.06. The number of fused-ring (bicyclic) bond motifs is 1. The van der Waals surface area contributed by atoms with Crippen molar-refractivity contribution in [1.29, 1.82) is 0 Å². The quantitative estimate of drug-likeness (QED) is 0.301. The molecule has 6 nitrogen and oxygen atoms in total. The van der Waals surface area contributed by atoms with Crippen molar-refractivity contribution in [3.05, 3.63) is 47.0 Å². The fourth-order valence-electron chi connectivity index (χ4n) is 4.15. The molecule has 0 spiro atoms. The highest BCUT2D eigenvalue weighted by Crippen LogP contribution is 2.54. The van der Waals surface area contributed by atoms with Crippen molar-refractivity contribution < 1.29 is 19.0 Å². The highest BCUT2D eigenvalue weighted by atomic mass is 35.5. The molecule has 0 saturated heterocycles. The fourth-order valence-corrected chi connectivity index (χ4v) is 5.79. The summed E-state index contributed by atoms with van der Waals surface area (Å²) in [7, 11) is 1.64. The van der Waals surface area contributed by atoms with E-state index in [1.165, 1.54) is 0 Å². The SMILES string of the molecule is CCOCCN(CCC(C)Oc1ccc(OC)cc1C1Sc2cc(Cl)ccc2N1C(C)=O)C(C)C. The summed E-state index contributed by atoms with van der Waals surface area (Å²) in [5, 5.41) is 0.381. The van der Waals surface area contributed by atoms with E-state index >= 15 is 0 Å². The lowest BCUT2D eigenvalue weighted by molar-refractivity contribution is -0.116. The van der Waals surface area contributed by atoms with Gasteiger partial charge in [-0.25, -0.2) is 0 Å². The summed E-state index contributed by atoms with van der Waals surface area (Å²) < 4.78 is 17.5. The number of ether oxygens (including phenoxy) is 3. The molecule has 2 unspecified atom stereocenters. The number of halogens is 1. The largest absolute Gasteiger partial charge is 0.497 e. The van der Waals surface area contributed by atoms with E-state index in [0.29, 0.717) is 11.1 Å². The zero-order valence-corrected chi connectivity index (χ0v) is 23.1. The Morgan fingerprint density at radius 2 is 1.94 bits per heavy atom. The van der Waals surface area contributed by atoms with Crippen LogP contribution in [0.2, 0.25) is 5.02 Å². The molecule has 0 aliphatic carbocycles. The molecule has 192 valence electrons. The molecule has 3 rings (SSSR count). The summed E-state index contributed by atoms with van der Waals surface area (Å²) in [5.41, 5.74) is 1.77. The van der Waals surface area contributed by atoms with Gasteiger partial charge in [-0.2, -0.15) is 0 Å². The summed E-state index contributed by atoms with van der Waals surface area (Å²) >= 11 is 7.84. The maximum atomic E-state index is 12.7. The molecule has 2 aromatic rings. The molecular weight excluding hydrogens is 484 g/mol. The third-order valence-electron chi connectivity index (χ3n) is 6.09. The maximum absolute atomic E-state index is 12.7. The zero-order valence-electron chi connectivity index (χ0n) is 21.5. The Bertz CT molecular complexity index is 1000. The number of amides is 1. The minimum atomic E-state index is -0.267. The van der Waals surface area contributed by atoms with Crippen LogP contribution in [-0.4, -0.2) is 56.4 Å². The number of rotatable bonds is 12. The van der Waals surface area contributed by atoms with Crippen LogP contribution in [0.25, 0.3) is 0 Å². The Balaban J connectivity index is 1.80. The Morgan fingerprint density at radius 3 is 2.60 bits per heavy atom. The molecule has 35 heavy (non-hydrogen) atoms. The van der Waals surface area contributed by atoms with E-state index < -0.39 is 0 Å². The number of carbonyl (C=O) groups is 1. The maximum Gasteiger partial charge on any atom is 0.225 e. The molecule has 1 aliphatic rings. The second kappa shape index (κ2) is 12.9. The standard InChI is InChI=1S/C27H37ClN2O4S/c1-7-33-15-14-29(18(2)3)13-12-19(4)34-25-11-9-22(32-6)17-23(25)27-30(20(5)31)24-10-8-21(28)16-26(24)35-27/h8-11,16-19,27H,7,12-15H2,1-6H3. The topological polar surface area (TPSA) is 51.2 Å². The molecule has 0 fully saturated rings. The molecule has 8 heteroatoms. The van der Waals surface area contributed by atoms with E-state index in [9.17, 15) is 4.79 Å². The van der Waals surface area contributed by atoms with Gasteiger partial charge in [0.05, 0.1) is 25.5 Å². The van der Waals surface area contributed by atoms with Crippen molar-refractivity contribution in [2.45, 2.75) is 63.5 Å². The predicted molar refractivity (Wildman–Crippen MR) is 144 cm³/mol. The van der Waals surface area contributed by atoms with Crippen molar-refractivity contribution in [2.24, 2.45) is 0 Å². The summed E-state index contributed by atoms with van der Waals surface area (Å²) in [6.07, 6.45) is 0.865. The second-order valence-electron chi connectivity index (χ2n) is 8.92. The van der Waals surface area contributed by atoms with Gasteiger partial charge >= 0.3 is 0 Å². The summed E-state index contributed by atoms with van der Waals surface area (Å²) in [6, 6.07) is 11.9. The van der Waals surface area contributed by atoms with Gasteiger partial charge in [0.1, 0.15) is 16.9 Å². The molecule has 1 amide bonds. The Morgan fingerprint density at radius 1 is 1.17 bits per heavy atom. The zero-order chi connectivity index (χ0) is 25.5. The van der Waals surface area contributed by atoms with Gasteiger partial charge in [-0.3, -0.25) is 14.6 Å². The minimum absolute atomic E-state index is 0.00973. The van der Waals surface area contributed by atoms with Crippen molar-refractivity contribution in [3.63, 3.8) is 0 Å². The molecule has 0 aromatic heterocycles. The molecule has 1 heterocycles. The number of nitrogens with zero attached hydrogens (tertiary/aromatic N) is 2. The molecular formula is C27H37ClN2O4S. The van der Waals surface area contributed by atoms with Crippen LogP contribution in [0, 0.1) is 0 Å². The van der Waals surface area contributed by atoms with Crippen molar-refractivity contribution in [3.8, 4) is 11.5 Å². The lowest BCUT2D eigenvalue weighted by atomic mass is 10.1. The van der Waals surface area contributed by atoms with Crippen molar-refractivity contribution >= 4 is 35.0 Å². The Labute approximate surface area is 218 Å². The van der Waals surface area contributed by atoms with Gasteiger partial charge in [0.25, 0.3) is 0 Å². The summed E-state index contributed by atoms with van der Waals surface area (Å²) in [4.78, 5) is 17.9. The van der Waals surface area contributed by atoms with Crippen LogP contribution in [0.15, 0.2) is 41.3 Å². The van der Waals surface area contributed by atoms with Gasteiger partial charge in [0, 0.05) is 48.1 Å². The smallest absolute Gasteiger partial charge is 0.225 e. The first-order chi connectivity index (χ1) is 16.7. The van der Waals surface area contributed by atoms with Crippen LogP contribution in [0.5, 0.6) is 11.5 Å². The molecule has 2 aromatic carbocycles. The third-order valence-corrected chi connectivity index (χ3v) is 7.59. The highest BCUT2D eigenvalue weighted by Gasteiger charge is 2.36. The van der Waals surface area contributed by atoms with Gasteiger partial charge in [-0.1, -0.05) is 23.4 Å². The first kappa shape index (κ1) is 27.7. The number of hydrogen-bond donors (Lipinski definition) is 0. The number of anilines is 1. The fraction of sp³-hybridized carbons (Fsp3) is 0.519. The number of hydrogen-bond acceptors (Lipinski definition) is 6. The van der Waals surface area contributed by atoms with Crippen molar-refractivity contribution in [1.82, 2.24) is 4.90 Å². The Hall–Kier alpha value is -1.93. The molecule has 1 aliphatic heterocycles. The van der Waals surface area contributed by atoms with E-state index in [2.05, 4.69) is 25.7 Å². The average Bonchev–Trinajstić information content (AvgIpc) is 3.19. The van der Waals surface area contributed by atoms with Crippen LogP contribution in [0.1, 0.15) is 52.0 Å². The predicted octanol–water partition coefficient (Wildman–Crippen LogP) is 6.41. The normalized spacial score (nSPS) is 16.0. The van der Waals surface area contributed by atoms with Gasteiger partial charge in [-0.05, 0) is 70.5 Å². The average molecular weight is 521 g/mol. The monoisotopic (exact) mass is 520 g/mol. The minimum Gasteiger partial charge on any atom is -0.497 e. The lowest BCUT2D eigenvalue weighted by Crippen LogP contribution is -2.36. The second-order valence-corrected chi connectivity index (χ2v) is 10.5. The first-order valence-electron chi connectivity index (χ1n) is 12.2. The molecule has 0 saturated carbocycles. The number of benzene rings is 2. The van der Waals surface area contributed by atoms with E-state index in [-0.39, 0.29) is 17.4 Å². The van der Waals surface area contributed by atoms with E-state index in [1.54, 1.807) is 30.7 Å². The van der Waals surface area contributed by atoms with Gasteiger partial charge in [-0.15, -0.1) is 0 Å². The van der Waals surface area contributed by atoms with Crippen LogP contribution in [0.4, 0.5) is 5.69 Å². The molecule has 0 radical (unpaired) electrons. The van der Waals surface area contributed by atoms with Crippen LogP contribution < -0.4 is 14.4 Å². The summed E-state index contributed by atoms with van der Waals surface area (Å²) in [6.45, 7) is 13.4. The Kier molecular flexibility index (Phi) is 10.2. The van der Waals surface area contributed by atoms with Gasteiger partial charge in [0.15, 0.2) is 0 Å². The van der Waals surface area contributed by atoms with Crippen LogP contribution in [0.3, 0.4) is 0 Å². The highest BCUT2D eigenvalue weighted by molar-refractivity contribution is 8.00. The van der Waals surface area contributed by atoms with E-state index in [1.807, 2.05) is 43.3 Å². The lowest BCUT2D eigenvalue weighted by Gasteiger charge is -2.29. The van der Waals surface area contributed by atoms with Gasteiger partial charge < -0.3 is 14.2 Å².